The summed E-state index contributed by atoms with van der Waals surface area (Å²) in [5.41, 5.74) is 5.69. The Bertz CT molecular complexity index is 206. The highest BCUT2D eigenvalue weighted by atomic mass is 16.5. The first kappa shape index (κ1) is 12.7. The summed E-state index contributed by atoms with van der Waals surface area (Å²) in [5.74, 6) is 1.19. The molecule has 2 N–H and O–H groups in total. The lowest BCUT2D eigenvalue weighted by Crippen LogP contribution is -2.29. The van der Waals surface area contributed by atoms with Gasteiger partial charge in [0.2, 0.25) is 0 Å². The zero-order valence-corrected chi connectivity index (χ0v) is 9.87. The summed E-state index contributed by atoms with van der Waals surface area (Å²) < 4.78 is 5.00. The van der Waals surface area contributed by atoms with E-state index in [-0.39, 0.29) is 11.8 Å². The zero-order chi connectivity index (χ0) is 11.3. The van der Waals surface area contributed by atoms with E-state index in [0.717, 1.165) is 25.7 Å². The number of carbonyl (C=O) groups excluding carboxylic acids is 1. The van der Waals surface area contributed by atoms with E-state index < -0.39 is 0 Å². The lowest BCUT2D eigenvalue weighted by atomic mass is 9.85. The molecule has 1 aliphatic rings. The third kappa shape index (κ3) is 3.28. The van der Waals surface area contributed by atoms with E-state index in [1.165, 1.54) is 0 Å². The van der Waals surface area contributed by atoms with Crippen molar-refractivity contribution in [3.63, 3.8) is 0 Å². The van der Waals surface area contributed by atoms with E-state index in [2.05, 4.69) is 0 Å². The van der Waals surface area contributed by atoms with Crippen molar-refractivity contribution in [3.8, 4) is 0 Å². The van der Waals surface area contributed by atoms with Crippen molar-refractivity contribution in [1.29, 1.82) is 0 Å². The highest BCUT2D eigenvalue weighted by Crippen LogP contribution is 2.33. The van der Waals surface area contributed by atoms with Crippen molar-refractivity contribution < 1.29 is 9.53 Å². The molecule has 0 heterocycles. The van der Waals surface area contributed by atoms with Crippen molar-refractivity contribution in [3.05, 3.63) is 0 Å². The summed E-state index contributed by atoms with van der Waals surface area (Å²) in [5, 5.41) is 0. The average Bonchev–Trinajstić information content (AvgIpc) is 2.72. The average molecular weight is 213 g/mol. The van der Waals surface area contributed by atoms with Gasteiger partial charge in [-0.3, -0.25) is 4.79 Å². The van der Waals surface area contributed by atoms with Crippen molar-refractivity contribution >= 4 is 5.78 Å². The quantitative estimate of drug-likeness (QED) is 0.729. The van der Waals surface area contributed by atoms with Gasteiger partial charge in [0.05, 0.1) is 0 Å². The van der Waals surface area contributed by atoms with Crippen LogP contribution in [0.25, 0.3) is 0 Å². The molecular weight excluding hydrogens is 190 g/mol. The number of Topliss-reactive ketones (excluding diaryl/α,β-unsaturated/α-hetero) is 1. The van der Waals surface area contributed by atoms with Gasteiger partial charge in [-0.05, 0) is 31.7 Å². The van der Waals surface area contributed by atoms with Crippen molar-refractivity contribution in [2.45, 2.75) is 32.6 Å². The van der Waals surface area contributed by atoms with E-state index in [4.69, 9.17) is 10.5 Å². The third-order valence-electron chi connectivity index (χ3n) is 3.57. The molecule has 3 atom stereocenters. The van der Waals surface area contributed by atoms with Gasteiger partial charge >= 0.3 is 0 Å². The number of hydrogen-bond acceptors (Lipinski definition) is 3. The van der Waals surface area contributed by atoms with Crippen LogP contribution >= 0.6 is 0 Å². The summed E-state index contributed by atoms with van der Waals surface area (Å²) in [4.78, 5) is 12.1. The van der Waals surface area contributed by atoms with Crippen LogP contribution in [0, 0.1) is 17.8 Å². The number of methoxy groups -OCH3 is 1. The molecule has 3 heteroatoms. The number of carbonyl (C=O) groups is 1. The zero-order valence-electron chi connectivity index (χ0n) is 9.87. The molecule has 88 valence electrons. The summed E-state index contributed by atoms with van der Waals surface area (Å²) >= 11 is 0. The standard InChI is InChI=1S/C12H23NO2/c1-9(6-7-15-2)12(14)11-5-3-4-10(11)8-13/h9-11H,3-8,13H2,1-2H3. The molecule has 1 aliphatic carbocycles. The van der Waals surface area contributed by atoms with E-state index in [0.29, 0.717) is 24.9 Å². The number of hydrogen-bond donors (Lipinski definition) is 1. The summed E-state index contributed by atoms with van der Waals surface area (Å²) in [7, 11) is 1.68. The minimum absolute atomic E-state index is 0.127. The highest BCUT2D eigenvalue weighted by molar-refractivity contribution is 5.83. The maximum absolute atomic E-state index is 12.1. The number of ketones is 1. The van der Waals surface area contributed by atoms with Crippen molar-refractivity contribution in [2.75, 3.05) is 20.3 Å². The smallest absolute Gasteiger partial charge is 0.139 e. The van der Waals surface area contributed by atoms with Crippen LogP contribution in [0.2, 0.25) is 0 Å². The molecule has 0 spiro atoms. The van der Waals surface area contributed by atoms with E-state index >= 15 is 0 Å². The largest absolute Gasteiger partial charge is 0.385 e. The second-order valence-electron chi connectivity index (χ2n) is 4.62. The minimum Gasteiger partial charge on any atom is -0.385 e. The number of nitrogens with two attached hydrogens (primary N) is 1. The monoisotopic (exact) mass is 213 g/mol. The Balaban J connectivity index is 2.44. The van der Waals surface area contributed by atoms with Crippen molar-refractivity contribution in [1.82, 2.24) is 0 Å². The summed E-state index contributed by atoms with van der Waals surface area (Å²) in [6.07, 6.45) is 4.17. The molecule has 0 amide bonds. The van der Waals surface area contributed by atoms with Gasteiger partial charge in [-0.15, -0.1) is 0 Å². The summed E-state index contributed by atoms with van der Waals surface area (Å²) in [6.45, 7) is 3.34. The first-order valence-electron chi connectivity index (χ1n) is 5.93. The second kappa shape index (κ2) is 6.23. The fraction of sp³-hybridized carbons (Fsp3) is 0.917. The Morgan fingerprint density at radius 2 is 2.27 bits per heavy atom. The lowest BCUT2D eigenvalue weighted by molar-refractivity contribution is -0.127. The van der Waals surface area contributed by atoms with Gasteiger partial charge < -0.3 is 10.5 Å². The SMILES string of the molecule is COCCC(C)C(=O)C1CCCC1CN. The van der Waals surface area contributed by atoms with Crippen LogP contribution in [-0.4, -0.2) is 26.0 Å². The van der Waals surface area contributed by atoms with Gasteiger partial charge in [0.25, 0.3) is 0 Å². The van der Waals surface area contributed by atoms with E-state index in [9.17, 15) is 4.79 Å². The van der Waals surface area contributed by atoms with E-state index in [1.54, 1.807) is 7.11 Å². The van der Waals surface area contributed by atoms with Crippen LogP contribution in [0.1, 0.15) is 32.6 Å². The molecule has 1 fully saturated rings. The molecule has 1 saturated carbocycles. The molecule has 0 aliphatic heterocycles. The fourth-order valence-electron chi connectivity index (χ4n) is 2.50. The van der Waals surface area contributed by atoms with Gasteiger partial charge in [0, 0.05) is 25.6 Å². The Labute approximate surface area is 92.4 Å². The second-order valence-corrected chi connectivity index (χ2v) is 4.62. The first-order chi connectivity index (χ1) is 7.20. The van der Waals surface area contributed by atoms with Gasteiger partial charge in [0.1, 0.15) is 5.78 Å². The van der Waals surface area contributed by atoms with E-state index in [1.807, 2.05) is 6.92 Å². The highest BCUT2D eigenvalue weighted by Gasteiger charge is 2.33. The molecule has 0 saturated heterocycles. The molecular formula is C12H23NO2. The molecule has 0 aromatic heterocycles. The van der Waals surface area contributed by atoms with Gasteiger partial charge in [-0.1, -0.05) is 13.3 Å². The number of ether oxygens (including phenoxy) is 1. The maximum atomic E-state index is 12.1. The molecule has 15 heavy (non-hydrogen) atoms. The van der Waals surface area contributed by atoms with Crippen LogP contribution in [0.5, 0.6) is 0 Å². The molecule has 0 aromatic carbocycles. The normalized spacial score (nSPS) is 27.9. The fourth-order valence-corrected chi connectivity index (χ4v) is 2.50. The van der Waals surface area contributed by atoms with Gasteiger partial charge in [-0.2, -0.15) is 0 Å². The third-order valence-corrected chi connectivity index (χ3v) is 3.57. The first-order valence-corrected chi connectivity index (χ1v) is 5.93. The Morgan fingerprint density at radius 3 is 2.87 bits per heavy atom. The molecule has 3 unspecified atom stereocenters. The Hall–Kier alpha value is -0.410. The van der Waals surface area contributed by atoms with Gasteiger partial charge in [0.15, 0.2) is 0 Å². The lowest BCUT2D eigenvalue weighted by Gasteiger charge is -2.20. The van der Waals surface area contributed by atoms with Crippen LogP contribution in [0.3, 0.4) is 0 Å². The molecule has 3 nitrogen and oxygen atoms in total. The molecule has 0 aromatic rings. The van der Waals surface area contributed by atoms with Crippen molar-refractivity contribution in [2.24, 2.45) is 23.5 Å². The van der Waals surface area contributed by atoms with Crippen LogP contribution in [-0.2, 0) is 9.53 Å². The Morgan fingerprint density at radius 1 is 1.53 bits per heavy atom. The van der Waals surface area contributed by atoms with Crippen LogP contribution in [0.15, 0.2) is 0 Å². The predicted octanol–water partition coefficient (Wildman–Crippen LogP) is 1.60. The number of rotatable bonds is 6. The summed E-state index contributed by atoms with van der Waals surface area (Å²) in [6, 6.07) is 0. The molecule has 0 bridgehead atoms. The minimum atomic E-state index is 0.127. The molecule has 1 rings (SSSR count). The van der Waals surface area contributed by atoms with Crippen LogP contribution < -0.4 is 5.73 Å². The maximum Gasteiger partial charge on any atom is 0.139 e. The van der Waals surface area contributed by atoms with Gasteiger partial charge in [-0.25, -0.2) is 0 Å². The Kier molecular flexibility index (Phi) is 5.26. The predicted molar refractivity (Wildman–Crippen MR) is 60.5 cm³/mol. The topological polar surface area (TPSA) is 52.3 Å². The molecule has 0 radical (unpaired) electrons. The van der Waals surface area contributed by atoms with Crippen LogP contribution in [0.4, 0.5) is 0 Å².